The van der Waals surface area contributed by atoms with Crippen LogP contribution in [0.3, 0.4) is 0 Å². The molecule has 4 heteroatoms. The average molecular weight is 211 g/mol. The van der Waals surface area contributed by atoms with Crippen LogP contribution in [0.4, 0.5) is 5.69 Å². The number of anilines is 1. The number of benzene rings is 1. The van der Waals surface area contributed by atoms with Crippen molar-refractivity contribution in [3.8, 4) is 0 Å². The number of hydrogen-bond acceptors (Lipinski definition) is 4. The highest BCUT2D eigenvalue weighted by atomic mass is 32.2. The van der Waals surface area contributed by atoms with E-state index >= 15 is 0 Å². The second-order valence-electron chi connectivity index (χ2n) is 2.63. The summed E-state index contributed by atoms with van der Waals surface area (Å²) in [6.45, 7) is 2.21. The van der Waals surface area contributed by atoms with Gasteiger partial charge in [-0.3, -0.25) is 4.79 Å². The molecule has 0 fully saturated rings. The Kier molecular flexibility index (Phi) is 4.32. The standard InChI is InChI=1S/C10H13NO2S/c1-2-13-10(12)7-14-9-6-4-3-5-8(9)11/h3-6H,2,7,11H2,1H3. The van der Waals surface area contributed by atoms with Crippen LogP contribution in [0.1, 0.15) is 6.92 Å². The summed E-state index contributed by atoms with van der Waals surface area (Å²) in [5, 5.41) is 0. The molecule has 0 radical (unpaired) electrons. The van der Waals surface area contributed by atoms with Crippen LogP contribution in [0.15, 0.2) is 29.2 Å². The molecular formula is C10H13NO2S. The summed E-state index contributed by atoms with van der Waals surface area (Å²) in [6, 6.07) is 7.46. The number of esters is 1. The van der Waals surface area contributed by atoms with E-state index in [1.807, 2.05) is 24.3 Å². The van der Waals surface area contributed by atoms with Crippen molar-refractivity contribution in [3.63, 3.8) is 0 Å². The highest BCUT2D eigenvalue weighted by molar-refractivity contribution is 8.00. The van der Waals surface area contributed by atoms with Crippen LogP contribution in [0.5, 0.6) is 0 Å². The minimum atomic E-state index is -0.208. The number of thioether (sulfide) groups is 1. The normalized spacial score (nSPS) is 9.79. The zero-order valence-corrected chi connectivity index (χ0v) is 8.84. The number of nitrogens with two attached hydrogens (primary N) is 1. The molecule has 0 saturated carbocycles. The van der Waals surface area contributed by atoms with Crippen molar-refractivity contribution in [1.29, 1.82) is 0 Å². The minimum Gasteiger partial charge on any atom is -0.465 e. The lowest BCUT2D eigenvalue weighted by Gasteiger charge is -2.04. The molecule has 3 nitrogen and oxygen atoms in total. The number of ether oxygens (including phenoxy) is 1. The van der Waals surface area contributed by atoms with Gasteiger partial charge < -0.3 is 10.5 Å². The van der Waals surface area contributed by atoms with E-state index in [0.29, 0.717) is 18.0 Å². The lowest BCUT2D eigenvalue weighted by Crippen LogP contribution is -2.06. The van der Waals surface area contributed by atoms with Gasteiger partial charge in [0.05, 0.1) is 12.4 Å². The molecule has 1 aromatic rings. The molecule has 0 aliphatic heterocycles. The fraction of sp³-hybridized carbons (Fsp3) is 0.300. The van der Waals surface area contributed by atoms with Gasteiger partial charge in [0, 0.05) is 10.6 Å². The van der Waals surface area contributed by atoms with Gasteiger partial charge in [0.1, 0.15) is 0 Å². The predicted molar refractivity (Wildman–Crippen MR) is 58.2 cm³/mol. The summed E-state index contributed by atoms with van der Waals surface area (Å²) < 4.78 is 4.80. The quantitative estimate of drug-likeness (QED) is 0.469. The maximum atomic E-state index is 11.0. The van der Waals surface area contributed by atoms with Crippen molar-refractivity contribution in [3.05, 3.63) is 24.3 Å². The molecule has 1 aromatic carbocycles. The fourth-order valence-electron chi connectivity index (χ4n) is 0.951. The summed E-state index contributed by atoms with van der Waals surface area (Å²) in [4.78, 5) is 12.0. The Balaban J connectivity index is 2.46. The van der Waals surface area contributed by atoms with Gasteiger partial charge in [-0.05, 0) is 19.1 Å². The van der Waals surface area contributed by atoms with E-state index in [0.717, 1.165) is 4.90 Å². The molecule has 0 atom stereocenters. The topological polar surface area (TPSA) is 52.3 Å². The van der Waals surface area contributed by atoms with Crippen LogP contribution in [-0.4, -0.2) is 18.3 Å². The van der Waals surface area contributed by atoms with E-state index in [4.69, 9.17) is 10.5 Å². The summed E-state index contributed by atoms with van der Waals surface area (Å²) in [5.41, 5.74) is 6.40. The number of carbonyl (C=O) groups is 1. The molecule has 1 rings (SSSR count). The van der Waals surface area contributed by atoms with E-state index in [2.05, 4.69) is 0 Å². The number of hydrogen-bond donors (Lipinski definition) is 1. The molecule has 76 valence electrons. The first-order chi connectivity index (χ1) is 6.74. The molecular weight excluding hydrogens is 198 g/mol. The summed E-state index contributed by atoms with van der Waals surface area (Å²) in [5.74, 6) is 0.1000. The Morgan fingerprint density at radius 3 is 2.86 bits per heavy atom. The Bertz CT molecular complexity index is 315. The highest BCUT2D eigenvalue weighted by Gasteiger charge is 2.04. The molecule has 0 aliphatic rings. The fourth-order valence-corrected chi connectivity index (χ4v) is 1.72. The van der Waals surface area contributed by atoms with E-state index in [1.54, 1.807) is 6.92 Å². The van der Waals surface area contributed by atoms with Crippen LogP contribution < -0.4 is 5.73 Å². The largest absolute Gasteiger partial charge is 0.465 e. The van der Waals surface area contributed by atoms with E-state index < -0.39 is 0 Å². The number of carbonyl (C=O) groups excluding carboxylic acids is 1. The van der Waals surface area contributed by atoms with Crippen molar-refractivity contribution in [2.24, 2.45) is 0 Å². The van der Waals surface area contributed by atoms with Crippen molar-refractivity contribution in [2.45, 2.75) is 11.8 Å². The Hall–Kier alpha value is -1.16. The first kappa shape index (κ1) is 10.9. The average Bonchev–Trinajstić information content (AvgIpc) is 2.17. The molecule has 0 saturated heterocycles. The first-order valence-corrected chi connectivity index (χ1v) is 5.35. The number of para-hydroxylation sites is 1. The van der Waals surface area contributed by atoms with Gasteiger partial charge in [0.25, 0.3) is 0 Å². The molecule has 0 spiro atoms. The van der Waals surface area contributed by atoms with Gasteiger partial charge >= 0.3 is 5.97 Å². The molecule has 0 heterocycles. The molecule has 0 unspecified atom stereocenters. The van der Waals surface area contributed by atoms with Crippen LogP contribution >= 0.6 is 11.8 Å². The summed E-state index contributed by atoms with van der Waals surface area (Å²) in [7, 11) is 0. The lowest BCUT2D eigenvalue weighted by atomic mass is 10.3. The predicted octanol–water partition coefficient (Wildman–Crippen LogP) is 1.92. The Morgan fingerprint density at radius 2 is 2.21 bits per heavy atom. The van der Waals surface area contributed by atoms with Crippen molar-refractivity contribution >= 4 is 23.4 Å². The zero-order chi connectivity index (χ0) is 10.4. The Morgan fingerprint density at radius 1 is 1.50 bits per heavy atom. The SMILES string of the molecule is CCOC(=O)CSc1ccccc1N. The van der Waals surface area contributed by atoms with Gasteiger partial charge in [-0.25, -0.2) is 0 Å². The van der Waals surface area contributed by atoms with Gasteiger partial charge in [-0.15, -0.1) is 11.8 Å². The van der Waals surface area contributed by atoms with Gasteiger partial charge in [-0.2, -0.15) is 0 Å². The summed E-state index contributed by atoms with van der Waals surface area (Å²) in [6.07, 6.45) is 0. The maximum absolute atomic E-state index is 11.0. The third-order valence-electron chi connectivity index (χ3n) is 1.57. The van der Waals surface area contributed by atoms with E-state index in [9.17, 15) is 4.79 Å². The minimum absolute atomic E-state index is 0.208. The molecule has 2 N–H and O–H groups in total. The lowest BCUT2D eigenvalue weighted by molar-refractivity contribution is -0.139. The molecule has 0 aliphatic carbocycles. The third-order valence-corrected chi connectivity index (χ3v) is 2.63. The molecule has 14 heavy (non-hydrogen) atoms. The maximum Gasteiger partial charge on any atom is 0.316 e. The van der Waals surface area contributed by atoms with Gasteiger partial charge in [0.15, 0.2) is 0 Å². The van der Waals surface area contributed by atoms with E-state index in [-0.39, 0.29) is 5.97 Å². The van der Waals surface area contributed by atoms with Crippen LogP contribution in [0, 0.1) is 0 Å². The monoisotopic (exact) mass is 211 g/mol. The molecule has 0 amide bonds. The van der Waals surface area contributed by atoms with Crippen LogP contribution in [0.25, 0.3) is 0 Å². The third kappa shape index (κ3) is 3.30. The van der Waals surface area contributed by atoms with Gasteiger partial charge in [-0.1, -0.05) is 12.1 Å². The van der Waals surface area contributed by atoms with Gasteiger partial charge in [0.2, 0.25) is 0 Å². The second-order valence-corrected chi connectivity index (χ2v) is 3.65. The first-order valence-electron chi connectivity index (χ1n) is 4.37. The van der Waals surface area contributed by atoms with Crippen molar-refractivity contribution in [2.75, 3.05) is 18.1 Å². The summed E-state index contributed by atoms with van der Waals surface area (Å²) >= 11 is 1.40. The molecule has 0 aromatic heterocycles. The number of rotatable bonds is 4. The zero-order valence-electron chi connectivity index (χ0n) is 8.03. The van der Waals surface area contributed by atoms with E-state index in [1.165, 1.54) is 11.8 Å². The van der Waals surface area contributed by atoms with Crippen molar-refractivity contribution in [1.82, 2.24) is 0 Å². The highest BCUT2D eigenvalue weighted by Crippen LogP contribution is 2.24. The van der Waals surface area contributed by atoms with Crippen LogP contribution in [-0.2, 0) is 9.53 Å². The second kappa shape index (κ2) is 5.54. The van der Waals surface area contributed by atoms with Crippen molar-refractivity contribution < 1.29 is 9.53 Å². The molecule has 0 bridgehead atoms. The Labute approximate surface area is 87.6 Å². The van der Waals surface area contributed by atoms with Crippen LogP contribution in [0.2, 0.25) is 0 Å². The smallest absolute Gasteiger partial charge is 0.316 e. The number of nitrogen functional groups attached to an aromatic ring is 1.